The van der Waals surface area contributed by atoms with E-state index in [1.54, 1.807) is 36.9 Å². The summed E-state index contributed by atoms with van der Waals surface area (Å²) in [5.74, 6) is -0.418. The number of nitrogens with zero attached hydrogens (tertiary/aromatic N) is 7. The van der Waals surface area contributed by atoms with Crippen LogP contribution in [0.4, 0.5) is 5.82 Å². The molecule has 4 heterocycles. The molecular formula is C27H32Cl3N7O3. The number of aliphatic hydroxyl groups is 1. The van der Waals surface area contributed by atoms with E-state index in [-0.39, 0.29) is 36.1 Å². The number of fused-ring (bicyclic) bond motifs is 1. The van der Waals surface area contributed by atoms with Crippen LogP contribution < -0.4 is 4.90 Å². The third-order valence-electron chi connectivity index (χ3n) is 8.09. The normalized spacial score (nSPS) is 22.6. The molecule has 214 valence electrons. The second-order valence-corrected chi connectivity index (χ2v) is 11.8. The molecule has 0 bridgehead atoms. The summed E-state index contributed by atoms with van der Waals surface area (Å²) in [7, 11) is 0. The molecule has 0 radical (unpaired) electrons. The summed E-state index contributed by atoms with van der Waals surface area (Å²) in [5.41, 5.74) is 0.761. The van der Waals surface area contributed by atoms with Gasteiger partial charge in [-0.2, -0.15) is 10.4 Å². The zero-order valence-electron chi connectivity index (χ0n) is 22.5. The number of nitriles is 1. The summed E-state index contributed by atoms with van der Waals surface area (Å²) in [6.45, 7) is 7.29. The van der Waals surface area contributed by atoms with Crippen LogP contribution >= 0.6 is 35.6 Å². The van der Waals surface area contributed by atoms with E-state index in [4.69, 9.17) is 28.2 Å². The van der Waals surface area contributed by atoms with Gasteiger partial charge in [-0.05, 0) is 64.3 Å². The van der Waals surface area contributed by atoms with E-state index in [2.05, 4.69) is 26.0 Å². The van der Waals surface area contributed by atoms with Crippen molar-refractivity contribution in [3.8, 4) is 6.07 Å². The number of carbonyl (C=O) groups is 1. The molecule has 2 fully saturated rings. The van der Waals surface area contributed by atoms with Crippen LogP contribution in [0.5, 0.6) is 0 Å². The first kappa shape index (κ1) is 30.3. The summed E-state index contributed by atoms with van der Waals surface area (Å²) >= 11 is 12.6. The monoisotopic (exact) mass is 607 g/mol. The van der Waals surface area contributed by atoms with E-state index in [0.29, 0.717) is 59.5 Å². The standard InChI is InChI=1S/C27H31Cl2N7O3.ClH/c1-15(17-7-6-16(28)11-19(17)29)36-25-24(20(12-30)33-36)31-13-23(32-25)34-10-8-21(18(14-34)27(2,3)39)35-9-4-5-22(35)26(37)38;/h6-7,11,13,15,18,21-22,39H,4-5,8-10,14H2,1-3H3,(H,37,38);1H/t15?,18-,21+,22+;/m1./s1. The van der Waals surface area contributed by atoms with Crippen molar-refractivity contribution in [2.45, 2.75) is 63.8 Å². The molecule has 5 rings (SSSR count). The molecule has 2 aliphatic rings. The fraction of sp³-hybridized carbons (Fsp3) is 0.519. The second-order valence-electron chi connectivity index (χ2n) is 10.9. The molecular weight excluding hydrogens is 577 g/mol. The maximum absolute atomic E-state index is 11.9. The van der Waals surface area contributed by atoms with Gasteiger partial charge in [-0.25, -0.2) is 14.6 Å². The zero-order valence-corrected chi connectivity index (χ0v) is 24.8. The van der Waals surface area contributed by atoms with Gasteiger partial charge in [-0.3, -0.25) is 9.69 Å². The first-order valence-electron chi connectivity index (χ1n) is 13.1. The average Bonchev–Trinajstić information content (AvgIpc) is 3.52. The number of aliphatic carboxylic acids is 1. The maximum atomic E-state index is 11.9. The summed E-state index contributed by atoms with van der Waals surface area (Å²) in [6, 6.07) is 6.42. The molecule has 2 saturated heterocycles. The summed E-state index contributed by atoms with van der Waals surface area (Å²) in [5, 5.41) is 36.1. The van der Waals surface area contributed by atoms with Gasteiger partial charge in [0.05, 0.1) is 17.8 Å². The van der Waals surface area contributed by atoms with Gasteiger partial charge in [0, 0.05) is 35.1 Å². The quantitative estimate of drug-likeness (QED) is 0.414. The predicted octanol–water partition coefficient (Wildman–Crippen LogP) is 4.55. The topological polar surface area (TPSA) is 131 Å². The number of likely N-dealkylation sites (tertiary alicyclic amines) is 1. The van der Waals surface area contributed by atoms with Gasteiger partial charge in [0.25, 0.3) is 0 Å². The van der Waals surface area contributed by atoms with Crippen molar-refractivity contribution in [1.29, 1.82) is 5.26 Å². The maximum Gasteiger partial charge on any atom is 0.320 e. The predicted molar refractivity (Wildman–Crippen MR) is 155 cm³/mol. The van der Waals surface area contributed by atoms with Crippen molar-refractivity contribution in [3.63, 3.8) is 0 Å². The Hall–Kier alpha value is -2.68. The molecule has 1 unspecified atom stereocenters. The highest BCUT2D eigenvalue weighted by molar-refractivity contribution is 6.35. The number of aromatic nitrogens is 4. The Morgan fingerprint density at radius 3 is 2.65 bits per heavy atom. The molecule has 0 amide bonds. The highest BCUT2D eigenvalue weighted by atomic mass is 35.5. The molecule has 2 aromatic heterocycles. The fourth-order valence-corrected chi connectivity index (χ4v) is 6.63. The van der Waals surface area contributed by atoms with Gasteiger partial charge in [-0.15, -0.1) is 12.4 Å². The molecule has 0 saturated carbocycles. The third-order valence-corrected chi connectivity index (χ3v) is 8.65. The Morgan fingerprint density at radius 1 is 1.25 bits per heavy atom. The largest absolute Gasteiger partial charge is 0.480 e. The average molecular weight is 609 g/mol. The summed E-state index contributed by atoms with van der Waals surface area (Å²) in [4.78, 5) is 25.5. The third kappa shape index (κ3) is 5.58. The summed E-state index contributed by atoms with van der Waals surface area (Å²) < 4.78 is 1.65. The number of anilines is 1. The Bertz CT molecular complexity index is 1450. The molecule has 1 aromatic carbocycles. The number of hydrogen-bond donors (Lipinski definition) is 2. The number of carboxylic acids is 1. The lowest BCUT2D eigenvalue weighted by Crippen LogP contribution is -2.59. The Labute approximate surface area is 248 Å². The second kappa shape index (κ2) is 11.7. The van der Waals surface area contributed by atoms with Crippen molar-refractivity contribution < 1.29 is 15.0 Å². The number of carboxylic acid groups (broad SMARTS) is 1. The van der Waals surface area contributed by atoms with Crippen molar-refractivity contribution in [3.05, 3.63) is 45.7 Å². The van der Waals surface area contributed by atoms with Gasteiger partial charge in [-0.1, -0.05) is 29.3 Å². The molecule has 2 aliphatic heterocycles. The van der Waals surface area contributed by atoms with Gasteiger partial charge < -0.3 is 15.1 Å². The Kier molecular flexibility index (Phi) is 8.83. The van der Waals surface area contributed by atoms with Crippen LogP contribution in [0.2, 0.25) is 10.0 Å². The number of piperidine rings is 1. The highest BCUT2D eigenvalue weighted by Gasteiger charge is 2.46. The number of benzene rings is 1. The first-order chi connectivity index (χ1) is 18.5. The van der Waals surface area contributed by atoms with Crippen LogP contribution in [0.3, 0.4) is 0 Å². The molecule has 4 atom stereocenters. The molecule has 40 heavy (non-hydrogen) atoms. The molecule has 10 nitrogen and oxygen atoms in total. The van der Waals surface area contributed by atoms with Gasteiger partial charge in [0.1, 0.15) is 23.4 Å². The Morgan fingerprint density at radius 2 is 2.00 bits per heavy atom. The smallest absolute Gasteiger partial charge is 0.320 e. The van der Waals surface area contributed by atoms with Crippen LogP contribution in [0.25, 0.3) is 11.2 Å². The van der Waals surface area contributed by atoms with Gasteiger partial charge in [0.15, 0.2) is 11.3 Å². The van der Waals surface area contributed by atoms with Crippen LogP contribution in [-0.4, -0.2) is 78.1 Å². The minimum atomic E-state index is -1.04. The van der Waals surface area contributed by atoms with E-state index >= 15 is 0 Å². The minimum Gasteiger partial charge on any atom is -0.480 e. The van der Waals surface area contributed by atoms with Crippen molar-refractivity contribution in [2.75, 3.05) is 24.5 Å². The van der Waals surface area contributed by atoms with Crippen LogP contribution in [0.1, 0.15) is 57.3 Å². The lowest BCUT2D eigenvalue weighted by Gasteiger charge is -2.48. The lowest BCUT2D eigenvalue weighted by atomic mass is 9.79. The molecule has 0 spiro atoms. The minimum absolute atomic E-state index is 0. The highest BCUT2D eigenvalue weighted by Crippen LogP contribution is 2.37. The first-order valence-corrected chi connectivity index (χ1v) is 13.8. The van der Waals surface area contributed by atoms with Crippen molar-refractivity contribution in [2.24, 2.45) is 5.92 Å². The zero-order chi connectivity index (χ0) is 28.1. The van der Waals surface area contributed by atoms with E-state index in [1.165, 1.54) is 0 Å². The molecule has 13 heteroatoms. The number of rotatable bonds is 6. The van der Waals surface area contributed by atoms with Crippen LogP contribution in [-0.2, 0) is 4.79 Å². The molecule has 2 N–H and O–H groups in total. The van der Waals surface area contributed by atoms with Gasteiger partial charge in [0.2, 0.25) is 0 Å². The van der Waals surface area contributed by atoms with Crippen LogP contribution in [0.15, 0.2) is 24.4 Å². The van der Waals surface area contributed by atoms with E-state index in [0.717, 1.165) is 12.0 Å². The van der Waals surface area contributed by atoms with Crippen molar-refractivity contribution in [1.82, 2.24) is 24.6 Å². The fourth-order valence-electron chi connectivity index (χ4n) is 6.06. The number of hydrogen-bond acceptors (Lipinski definition) is 8. The lowest BCUT2D eigenvalue weighted by molar-refractivity contribution is -0.144. The summed E-state index contributed by atoms with van der Waals surface area (Å²) in [6.07, 6.45) is 3.76. The Balaban J connectivity index is 0.00000370. The van der Waals surface area contributed by atoms with E-state index < -0.39 is 17.6 Å². The van der Waals surface area contributed by atoms with Gasteiger partial charge >= 0.3 is 5.97 Å². The van der Waals surface area contributed by atoms with Crippen LogP contribution in [0, 0.1) is 17.2 Å². The van der Waals surface area contributed by atoms with E-state index in [1.807, 2.05) is 13.0 Å². The van der Waals surface area contributed by atoms with E-state index in [9.17, 15) is 20.3 Å². The molecule has 3 aromatic rings. The SMILES string of the molecule is CC(c1ccc(Cl)cc1Cl)n1nc(C#N)c2ncc(N3CC[C@H](N4CCC[C@H]4C(=O)O)[C@H](C(C)(C)O)C3)nc21.Cl. The molecule has 0 aliphatic carbocycles. The number of halogens is 3. The van der Waals surface area contributed by atoms with Crippen molar-refractivity contribution >= 4 is 58.6 Å².